The van der Waals surface area contributed by atoms with E-state index in [1.807, 2.05) is 48.0 Å². The second-order valence-electron chi connectivity index (χ2n) is 6.10. The molecule has 0 aliphatic carbocycles. The first-order valence-corrected chi connectivity index (χ1v) is 8.55. The Balaban J connectivity index is 1.69. The Morgan fingerprint density at radius 2 is 2.17 bits per heavy atom. The second-order valence-corrected chi connectivity index (χ2v) is 6.54. The van der Waals surface area contributed by atoms with Gasteiger partial charge in [0.25, 0.3) is 0 Å². The molecular formula is C18H19ClN4O. The maximum Gasteiger partial charge on any atom is 0.165 e. The van der Waals surface area contributed by atoms with Crippen LogP contribution >= 0.6 is 11.6 Å². The first-order valence-electron chi connectivity index (χ1n) is 8.17. The number of ether oxygens (including phenoxy) is 1. The van der Waals surface area contributed by atoms with Crippen molar-refractivity contribution < 1.29 is 4.74 Å². The van der Waals surface area contributed by atoms with Crippen LogP contribution in [0, 0.1) is 6.92 Å². The van der Waals surface area contributed by atoms with Gasteiger partial charge in [-0.05, 0) is 37.5 Å². The predicted molar refractivity (Wildman–Crippen MR) is 95.6 cm³/mol. The van der Waals surface area contributed by atoms with Gasteiger partial charge in [0.15, 0.2) is 5.65 Å². The van der Waals surface area contributed by atoms with E-state index >= 15 is 0 Å². The molecule has 3 heterocycles. The molecule has 1 fully saturated rings. The van der Waals surface area contributed by atoms with Gasteiger partial charge >= 0.3 is 0 Å². The highest BCUT2D eigenvalue weighted by Gasteiger charge is 2.17. The normalized spacial score (nSPS) is 17.5. The maximum atomic E-state index is 5.99. The van der Waals surface area contributed by atoms with Crippen molar-refractivity contribution in [1.29, 1.82) is 0 Å². The number of nitrogens with one attached hydrogen (secondary N) is 1. The Kier molecular flexibility index (Phi) is 4.12. The van der Waals surface area contributed by atoms with E-state index in [2.05, 4.69) is 15.4 Å². The molecule has 0 spiro atoms. The third kappa shape index (κ3) is 2.97. The molecule has 0 amide bonds. The predicted octanol–water partition coefficient (Wildman–Crippen LogP) is 3.95. The Labute approximate surface area is 145 Å². The summed E-state index contributed by atoms with van der Waals surface area (Å²) in [5.41, 5.74) is 3.84. The zero-order valence-electron chi connectivity index (χ0n) is 13.5. The van der Waals surface area contributed by atoms with E-state index in [-0.39, 0.29) is 6.10 Å². The lowest BCUT2D eigenvalue weighted by atomic mass is 10.1. The quantitative estimate of drug-likeness (QED) is 0.780. The van der Waals surface area contributed by atoms with Crippen molar-refractivity contribution in [2.75, 3.05) is 18.5 Å². The summed E-state index contributed by atoms with van der Waals surface area (Å²) in [6.45, 7) is 3.64. The standard InChI is InChI=1S/C18H19ClN4O/c1-12-9-17(20-10-15-3-2-8-24-15)23-18(22-12)16(11-21-23)13-4-6-14(19)7-5-13/h4-7,9,11,15,20H,2-3,8,10H2,1H3/t15-/m0/s1. The fourth-order valence-electron chi connectivity index (χ4n) is 3.07. The van der Waals surface area contributed by atoms with Crippen LogP contribution in [0.15, 0.2) is 36.5 Å². The largest absolute Gasteiger partial charge is 0.376 e. The van der Waals surface area contributed by atoms with Crippen molar-refractivity contribution in [1.82, 2.24) is 14.6 Å². The van der Waals surface area contributed by atoms with E-state index < -0.39 is 0 Å². The van der Waals surface area contributed by atoms with Gasteiger partial charge < -0.3 is 10.1 Å². The number of aryl methyl sites for hydroxylation is 1. The van der Waals surface area contributed by atoms with Gasteiger partial charge in [0.1, 0.15) is 5.82 Å². The van der Waals surface area contributed by atoms with Crippen molar-refractivity contribution in [2.45, 2.75) is 25.9 Å². The molecule has 1 N–H and O–H groups in total. The van der Waals surface area contributed by atoms with Crippen molar-refractivity contribution >= 4 is 23.1 Å². The Bertz CT molecular complexity index is 853. The van der Waals surface area contributed by atoms with Gasteiger partial charge in [-0.25, -0.2) is 4.98 Å². The molecule has 0 saturated carbocycles. The highest BCUT2D eigenvalue weighted by atomic mass is 35.5. The lowest BCUT2D eigenvalue weighted by Crippen LogP contribution is -2.20. The average Bonchev–Trinajstić information content (AvgIpc) is 3.23. The Morgan fingerprint density at radius 1 is 1.33 bits per heavy atom. The third-order valence-electron chi connectivity index (χ3n) is 4.29. The van der Waals surface area contributed by atoms with Crippen molar-refractivity contribution in [3.8, 4) is 11.1 Å². The SMILES string of the molecule is Cc1cc(NC[C@@H]2CCCO2)n2ncc(-c3ccc(Cl)cc3)c2n1. The summed E-state index contributed by atoms with van der Waals surface area (Å²) in [4.78, 5) is 4.67. The Hall–Kier alpha value is -2.11. The number of anilines is 1. The van der Waals surface area contributed by atoms with Crippen LogP contribution in [0.3, 0.4) is 0 Å². The van der Waals surface area contributed by atoms with Crippen LogP contribution in [0.2, 0.25) is 5.02 Å². The lowest BCUT2D eigenvalue weighted by molar-refractivity contribution is 0.120. The van der Waals surface area contributed by atoms with Gasteiger partial charge in [-0.2, -0.15) is 9.61 Å². The number of rotatable bonds is 4. The Morgan fingerprint density at radius 3 is 2.92 bits per heavy atom. The number of benzene rings is 1. The molecule has 1 aliphatic rings. The zero-order chi connectivity index (χ0) is 16.5. The minimum Gasteiger partial charge on any atom is -0.376 e. The molecule has 0 unspecified atom stereocenters. The molecule has 4 rings (SSSR count). The molecule has 1 saturated heterocycles. The van der Waals surface area contributed by atoms with Crippen LogP contribution < -0.4 is 5.32 Å². The van der Waals surface area contributed by atoms with Crippen LogP contribution in [0.1, 0.15) is 18.5 Å². The van der Waals surface area contributed by atoms with E-state index in [4.69, 9.17) is 16.3 Å². The minimum atomic E-state index is 0.278. The summed E-state index contributed by atoms with van der Waals surface area (Å²) < 4.78 is 7.54. The van der Waals surface area contributed by atoms with Crippen LogP contribution in [0.4, 0.5) is 5.82 Å². The number of halogens is 1. The van der Waals surface area contributed by atoms with E-state index in [9.17, 15) is 0 Å². The molecule has 124 valence electrons. The topological polar surface area (TPSA) is 51.5 Å². The van der Waals surface area contributed by atoms with Gasteiger partial charge in [0, 0.05) is 35.5 Å². The molecule has 3 aromatic rings. The molecule has 5 nitrogen and oxygen atoms in total. The maximum absolute atomic E-state index is 5.99. The fraction of sp³-hybridized carbons (Fsp3) is 0.333. The summed E-state index contributed by atoms with van der Waals surface area (Å²) in [5, 5.41) is 8.70. The monoisotopic (exact) mass is 342 g/mol. The van der Waals surface area contributed by atoms with Crippen LogP contribution in [-0.2, 0) is 4.74 Å². The smallest absolute Gasteiger partial charge is 0.165 e. The van der Waals surface area contributed by atoms with E-state index in [0.29, 0.717) is 0 Å². The van der Waals surface area contributed by atoms with E-state index in [1.54, 1.807) is 0 Å². The van der Waals surface area contributed by atoms with E-state index in [0.717, 1.165) is 59.3 Å². The summed E-state index contributed by atoms with van der Waals surface area (Å²) in [5.74, 6) is 0.938. The molecule has 0 bridgehead atoms. The molecule has 0 radical (unpaired) electrons. The molecule has 1 aromatic carbocycles. The highest BCUT2D eigenvalue weighted by molar-refractivity contribution is 6.30. The van der Waals surface area contributed by atoms with Gasteiger partial charge in [-0.15, -0.1) is 0 Å². The van der Waals surface area contributed by atoms with E-state index in [1.165, 1.54) is 0 Å². The van der Waals surface area contributed by atoms with Crippen LogP contribution in [0.25, 0.3) is 16.8 Å². The number of hydrogen-bond donors (Lipinski definition) is 1. The molecular weight excluding hydrogens is 324 g/mol. The summed E-state index contributed by atoms with van der Waals surface area (Å²) >= 11 is 5.99. The highest BCUT2D eigenvalue weighted by Crippen LogP contribution is 2.27. The first-order chi connectivity index (χ1) is 11.7. The van der Waals surface area contributed by atoms with Gasteiger partial charge in [0.2, 0.25) is 0 Å². The average molecular weight is 343 g/mol. The molecule has 1 aliphatic heterocycles. The summed E-state index contributed by atoms with van der Waals surface area (Å²) in [6.07, 6.45) is 4.37. The number of hydrogen-bond acceptors (Lipinski definition) is 4. The zero-order valence-corrected chi connectivity index (χ0v) is 14.3. The van der Waals surface area contributed by atoms with Crippen molar-refractivity contribution in [3.05, 3.63) is 47.2 Å². The van der Waals surface area contributed by atoms with Crippen LogP contribution in [-0.4, -0.2) is 33.9 Å². The van der Waals surface area contributed by atoms with Crippen LogP contribution in [0.5, 0.6) is 0 Å². The van der Waals surface area contributed by atoms with Gasteiger partial charge in [0.05, 0.1) is 12.3 Å². The fourth-order valence-corrected chi connectivity index (χ4v) is 3.19. The summed E-state index contributed by atoms with van der Waals surface area (Å²) in [7, 11) is 0. The second kappa shape index (κ2) is 6.42. The molecule has 6 heteroatoms. The molecule has 1 atom stereocenters. The lowest BCUT2D eigenvalue weighted by Gasteiger charge is -2.13. The van der Waals surface area contributed by atoms with Crippen molar-refractivity contribution in [3.63, 3.8) is 0 Å². The summed E-state index contributed by atoms with van der Waals surface area (Å²) in [6, 6.07) is 9.76. The molecule has 2 aromatic heterocycles. The first kappa shape index (κ1) is 15.4. The molecule has 24 heavy (non-hydrogen) atoms. The minimum absolute atomic E-state index is 0.278. The van der Waals surface area contributed by atoms with Gasteiger partial charge in [-0.3, -0.25) is 0 Å². The number of nitrogens with zero attached hydrogens (tertiary/aromatic N) is 3. The number of fused-ring (bicyclic) bond motifs is 1. The number of aromatic nitrogens is 3. The third-order valence-corrected chi connectivity index (χ3v) is 4.54. The van der Waals surface area contributed by atoms with Gasteiger partial charge in [-0.1, -0.05) is 23.7 Å². The van der Waals surface area contributed by atoms with Crippen molar-refractivity contribution in [2.24, 2.45) is 0 Å².